The Morgan fingerprint density at radius 1 is 1.23 bits per heavy atom. The van der Waals surface area contributed by atoms with Crippen LogP contribution in [0.15, 0.2) is 47.2 Å². The molecule has 22 heavy (non-hydrogen) atoms. The van der Waals surface area contributed by atoms with Crippen molar-refractivity contribution in [3.05, 3.63) is 54.4 Å². The van der Waals surface area contributed by atoms with Crippen molar-refractivity contribution in [3.8, 4) is 0 Å². The number of nitrogens with zero attached hydrogens (tertiary/aromatic N) is 4. The third kappa shape index (κ3) is 2.16. The molecule has 1 aliphatic rings. The number of carbonyl (C=O) groups excluding carboxylic acids is 1. The number of furan rings is 1. The van der Waals surface area contributed by atoms with Crippen molar-refractivity contribution in [2.45, 2.75) is 18.8 Å². The van der Waals surface area contributed by atoms with E-state index in [1.165, 1.54) is 6.26 Å². The van der Waals surface area contributed by atoms with E-state index in [0.717, 1.165) is 30.9 Å². The second kappa shape index (κ2) is 5.29. The lowest BCUT2D eigenvalue weighted by Crippen LogP contribution is -2.39. The summed E-state index contributed by atoms with van der Waals surface area (Å²) in [7, 11) is 0. The van der Waals surface area contributed by atoms with Gasteiger partial charge in [-0.2, -0.15) is 0 Å². The summed E-state index contributed by atoms with van der Waals surface area (Å²) in [6.45, 7) is 1.40. The first kappa shape index (κ1) is 13.1. The summed E-state index contributed by atoms with van der Waals surface area (Å²) in [5.41, 5.74) is 0.840. The minimum atomic E-state index is -0.0523. The number of fused-ring (bicyclic) bond motifs is 1. The summed E-state index contributed by atoms with van der Waals surface area (Å²) in [5.74, 6) is 1.47. The van der Waals surface area contributed by atoms with Gasteiger partial charge in [0, 0.05) is 25.2 Å². The molecule has 0 N–H and O–H groups in total. The molecule has 1 unspecified atom stereocenters. The van der Waals surface area contributed by atoms with E-state index in [0.29, 0.717) is 12.3 Å². The number of hydrogen-bond acceptors (Lipinski definition) is 4. The quantitative estimate of drug-likeness (QED) is 0.728. The zero-order valence-electron chi connectivity index (χ0n) is 12.1. The molecule has 1 aliphatic heterocycles. The molecular formula is C16H16N4O2. The normalized spacial score (nSPS) is 18.7. The van der Waals surface area contributed by atoms with E-state index in [4.69, 9.17) is 4.42 Å². The SMILES string of the molecule is O=C(c1ccco1)N1CCCC(c2nnc3ccccn23)C1. The molecule has 112 valence electrons. The van der Waals surface area contributed by atoms with Gasteiger partial charge in [-0.25, -0.2) is 0 Å². The number of likely N-dealkylation sites (tertiary alicyclic amines) is 1. The Bertz CT molecular complexity index is 793. The van der Waals surface area contributed by atoms with E-state index in [-0.39, 0.29) is 11.8 Å². The average Bonchev–Trinajstić information content (AvgIpc) is 3.24. The van der Waals surface area contributed by atoms with E-state index in [1.54, 1.807) is 12.1 Å². The molecule has 1 fully saturated rings. The summed E-state index contributed by atoms with van der Waals surface area (Å²) < 4.78 is 7.23. The van der Waals surface area contributed by atoms with Crippen molar-refractivity contribution in [1.29, 1.82) is 0 Å². The van der Waals surface area contributed by atoms with E-state index < -0.39 is 0 Å². The van der Waals surface area contributed by atoms with Gasteiger partial charge in [-0.15, -0.1) is 10.2 Å². The second-order valence-corrected chi connectivity index (χ2v) is 5.55. The Morgan fingerprint density at radius 2 is 2.18 bits per heavy atom. The third-order valence-electron chi connectivity index (χ3n) is 4.15. The van der Waals surface area contributed by atoms with Crippen LogP contribution in [-0.2, 0) is 0 Å². The van der Waals surface area contributed by atoms with Crippen LogP contribution in [0, 0.1) is 0 Å². The summed E-state index contributed by atoms with van der Waals surface area (Å²) in [5, 5.41) is 8.53. The number of carbonyl (C=O) groups is 1. The average molecular weight is 296 g/mol. The molecule has 0 radical (unpaired) electrons. The smallest absolute Gasteiger partial charge is 0.289 e. The van der Waals surface area contributed by atoms with Crippen LogP contribution in [-0.4, -0.2) is 38.5 Å². The van der Waals surface area contributed by atoms with Gasteiger partial charge in [-0.05, 0) is 37.1 Å². The Kier molecular flexibility index (Phi) is 3.14. The molecule has 0 spiro atoms. The van der Waals surface area contributed by atoms with Crippen LogP contribution in [0.4, 0.5) is 0 Å². The van der Waals surface area contributed by atoms with Gasteiger partial charge in [0.25, 0.3) is 5.91 Å². The van der Waals surface area contributed by atoms with Gasteiger partial charge >= 0.3 is 0 Å². The molecule has 4 rings (SSSR count). The summed E-state index contributed by atoms with van der Waals surface area (Å²) in [4.78, 5) is 14.3. The molecule has 0 saturated carbocycles. The summed E-state index contributed by atoms with van der Waals surface area (Å²) in [6.07, 6.45) is 5.47. The highest BCUT2D eigenvalue weighted by Crippen LogP contribution is 2.27. The van der Waals surface area contributed by atoms with Crippen LogP contribution in [0.25, 0.3) is 5.65 Å². The topological polar surface area (TPSA) is 63.6 Å². The minimum absolute atomic E-state index is 0.0523. The monoisotopic (exact) mass is 296 g/mol. The predicted molar refractivity (Wildman–Crippen MR) is 79.6 cm³/mol. The van der Waals surface area contributed by atoms with E-state index in [1.807, 2.05) is 33.7 Å². The highest BCUT2D eigenvalue weighted by molar-refractivity contribution is 5.91. The summed E-state index contributed by atoms with van der Waals surface area (Å²) in [6, 6.07) is 9.29. The third-order valence-corrected chi connectivity index (χ3v) is 4.15. The fourth-order valence-corrected chi connectivity index (χ4v) is 3.07. The van der Waals surface area contributed by atoms with Crippen molar-refractivity contribution < 1.29 is 9.21 Å². The largest absolute Gasteiger partial charge is 0.459 e. The van der Waals surface area contributed by atoms with Crippen molar-refractivity contribution >= 4 is 11.6 Å². The van der Waals surface area contributed by atoms with Gasteiger partial charge < -0.3 is 9.32 Å². The number of rotatable bonds is 2. The first-order valence-electron chi connectivity index (χ1n) is 7.45. The number of pyridine rings is 1. The minimum Gasteiger partial charge on any atom is -0.459 e. The molecule has 1 saturated heterocycles. The molecule has 1 amide bonds. The van der Waals surface area contributed by atoms with Gasteiger partial charge in [0.05, 0.1) is 6.26 Å². The molecule has 0 aliphatic carbocycles. The Morgan fingerprint density at radius 3 is 3.05 bits per heavy atom. The zero-order valence-corrected chi connectivity index (χ0v) is 12.1. The Labute approximate surface area is 127 Å². The fourth-order valence-electron chi connectivity index (χ4n) is 3.07. The van der Waals surface area contributed by atoms with Crippen LogP contribution in [0.1, 0.15) is 35.1 Å². The second-order valence-electron chi connectivity index (χ2n) is 5.55. The van der Waals surface area contributed by atoms with Gasteiger partial charge in [-0.1, -0.05) is 6.07 Å². The molecule has 0 aromatic carbocycles. The van der Waals surface area contributed by atoms with Crippen LogP contribution < -0.4 is 0 Å². The van der Waals surface area contributed by atoms with Gasteiger partial charge in [0.1, 0.15) is 5.82 Å². The maximum atomic E-state index is 12.4. The van der Waals surface area contributed by atoms with Crippen LogP contribution in [0.5, 0.6) is 0 Å². The molecular weight excluding hydrogens is 280 g/mol. The van der Waals surface area contributed by atoms with Gasteiger partial charge in [-0.3, -0.25) is 9.20 Å². The van der Waals surface area contributed by atoms with E-state index in [2.05, 4.69) is 10.2 Å². The standard InChI is InChI=1S/C16H16N4O2/c21-16(13-6-4-10-22-13)19-8-3-5-12(11-19)15-18-17-14-7-1-2-9-20(14)15/h1-2,4,6-7,9-10,12H,3,5,8,11H2. The highest BCUT2D eigenvalue weighted by atomic mass is 16.3. The first-order valence-corrected chi connectivity index (χ1v) is 7.45. The number of aromatic nitrogens is 3. The lowest BCUT2D eigenvalue weighted by Gasteiger charge is -2.31. The molecule has 6 heteroatoms. The number of amides is 1. The number of hydrogen-bond donors (Lipinski definition) is 0. The molecule has 1 atom stereocenters. The molecule has 3 aromatic heterocycles. The lowest BCUT2D eigenvalue weighted by molar-refractivity contribution is 0.0672. The van der Waals surface area contributed by atoms with Crippen molar-refractivity contribution in [2.24, 2.45) is 0 Å². The molecule has 0 bridgehead atoms. The fraction of sp³-hybridized carbons (Fsp3) is 0.312. The maximum absolute atomic E-state index is 12.4. The van der Waals surface area contributed by atoms with Crippen LogP contribution in [0.2, 0.25) is 0 Å². The zero-order chi connectivity index (χ0) is 14.9. The van der Waals surface area contributed by atoms with Crippen molar-refractivity contribution in [3.63, 3.8) is 0 Å². The van der Waals surface area contributed by atoms with Crippen LogP contribution >= 0.6 is 0 Å². The van der Waals surface area contributed by atoms with E-state index in [9.17, 15) is 4.79 Å². The Balaban J connectivity index is 1.60. The van der Waals surface area contributed by atoms with E-state index >= 15 is 0 Å². The molecule has 3 aromatic rings. The van der Waals surface area contributed by atoms with Gasteiger partial charge in [0.15, 0.2) is 11.4 Å². The Hall–Kier alpha value is -2.63. The van der Waals surface area contributed by atoms with Crippen LogP contribution in [0.3, 0.4) is 0 Å². The lowest BCUT2D eigenvalue weighted by atomic mass is 9.97. The maximum Gasteiger partial charge on any atom is 0.289 e. The highest BCUT2D eigenvalue weighted by Gasteiger charge is 2.29. The molecule has 6 nitrogen and oxygen atoms in total. The predicted octanol–water partition coefficient (Wildman–Crippen LogP) is 2.34. The van der Waals surface area contributed by atoms with Crippen molar-refractivity contribution in [1.82, 2.24) is 19.5 Å². The number of piperidine rings is 1. The first-order chi connectivity index (χ1) is 10.8. The van der Waals surface area contributed by atoms with Crippen molar-refractivity contribution in [2.75, 3.05) is 13.1 Å². The summed E-state index contributed by atoms with van der Waals surface area (Å²) >= 11 is 0. The van der Waals surface area contributed by atoms with Gasteiger partial charge in [0.2, 0.25) is 0 Å². The molecule has 4 heterocycles.